The summed E-state index contributed by atoms with van der Waals surface area (Å²) in [5, 5.41) is 15.1. The van der Waals surface area contributed by atoms with Gasteiger partial charge in [0.15, 0.2) is 5.82 Å². The molecular formula is C11H18N6O. The van der Waals surface area contributed by atoms with E-state index in [1.165, 1.54) is 0 Å². The standard InChI is InChI=1S/C11H18N6O/c1-8-13-10(18-15-8)6-12-5-9-7-17(16-14-9)11(2,3)4/h7,12H,5-6H2,1-4H3. The van der Waals surface area contributed by atoms with Crippen molar-refractivity contribution in [2.24, 2.45) is 0 Å². The molecule has 0 spiro atoms. The first-order valence-electron chi connectivity index (χ1n) is 5.87. The summed E-state index contributed by atoms with van der Waals surface area (Å²) in [5.74, 6) is 1.22. The Balaban J connectivity index is 1.85. The van der Waals surface area contributed by atoms with Gasteiger partial charge in [0, 0.05) is 6.54 Å². The lowest BCUT2D eigenvalue weighted by atomic mass is 10.1. The summed E-state index contributed by atoms with van der Waals surface area (Å²) in [5.41, 5.74) is 0.843. The Morgan fingerprint density at radius 1 is 1.33 bits per heavy atom. The fraction of sp³-hybridized carbons (Fsp3) is 0.636. The van der Waals surface area contributed by atoms with Crippen LogP contribution in [0.5, 0.6) is 0 Å². The topological polar surface area (TPSA) is 81.7 Å². The molecule has 0 amide bonds. The predicted molar refractivity (Wildman–Crippen MR) is 64.6 cm³/mol. The third kappa shape index (κ3) is 3.13. The predicted octanol–water partition coefficient (Wildman–Crippen LogP) is 1.01. The van der Waals surface area contributed by atoms with E-state index in [2.05, 4.69) is 46.5 Å². The summed E-state index contributed by atoms with van der Waals surface area (Å²) in [4.78, 5) is 4.10. The maximum Gasteiger partial charge on any atom is 0.240 e. The van der Waals surface area contributed by atoms with Crippen molar-refractivity contribution in [3.63, 3.8) is 0 Å². The molecule has 98 valence electrons. The van der Waals surface area contributed by atoms with Crippen molar-refractivity contribution in [1.29, 1.82) is 0 Å². The van der Waals surface area contributed by atoms with Crippen LogP contribution in [0.25, 0.3) is 0 Å². The minimum absolute atomic E-state index is 0.0468. The quantitative estimate of drug-likeness (QED) is 0.872. The van der Waals surface area contributed by atoms with Gasteiger partial charge < -0.3 is 9.84 Å². The molecule has 2 aromatic heterocycles. The molecule has 0 saturated heterocycles. The van der Waals surface area contributed by atoms with Crippen LogP contribution in [0.4, 0.5) is 0 Å². The van der Waals surface area contributed by atoms with Crippen molar-refractivity contribution in [3.05, 3.63) is 23.6 Å². The summed E-state index contributed by atoms with van der Waals surface area (Å²) in [6.45, 7) is 9.20. The van der Waals surface area contributed by atoms with Gasteiger partial charge in [0.2, 0.25) is 5.89 Å². The lowest BCUT2D eigenvalue weighted by Crippen LogP contribution is -2.22. The Kier molecular flexibility index (Phi) is 3.42. The second-order valence-electron chi connectivity index (χ2n) is 5.16. The molecule has 0 aromatic carbocycles. The molecule has 0 saturated carbocycles. The van der Waals surface area contributed by atoms with E-state index in [4.69, 9.17) is 4.52 Å². The zero-order valence-corrected chi connectivity index (χ0v) is 11.1. The van der Waals surface area contributed by atoms with Crippen LogP contribution >= 0.6 is 0 Å². The molecule has 0 aliphatic rings. The van der Waals surface area contributed by atoms with Gasteiger partial charge in [-0.2, -0.15) is 4.98 Å². The monoisotopic (exact) mass is 250 g/mol. The van der Waals surface area contributed by atoms with Crippen LogP contribution in [-0.4, -0.2) is 25.1 Å². The normalized spacial score (nSPS) is 12.0. The van der Waals surface area contributed by atoms with Gasteiger partial charge in [-0.25, -0.2) is 4.68 Å². The minimum atomic E-state index is -0.0468. The van der Waals surface area contributed by atoms with Crippen LogP contribution in [0, 0.1) is 6.92 Å². The van der Waals surface area contributed by atoms with Crippen LogP contribution in [0.3, 0.4) is 0 Å². The van der Waals surface area contributed by atoms with Crippen molar-refractivity contribution in [2.75, 3.05) is 0 Å². The van der Waals surface area contributed by atoms with Crippen LogP contribution in [0.15, 0.2) is 10.7 Å². The first-order chi connectivity index (χ1) is 8.45. The number of aryl methyl sites for hydroxylation is 1. The average Bonchev–Trinajstić information content (AvgIpc) is 2.87. The largest absolute Gasteiger partial charge is 0.338 e. The fourth-order valence-electron chi connectivity index (χ4n) is 1.42. The molecule has 0 radical (unpaired) electrons. The van der Waals surface area contributed by atoms with Crippen molar-refractivity contribution in [2.45, 2.75) is 46.3 Å². The van der Waals surface area contributed by atoms with E-state index in [-0.39, 0.29) is 5.54 Å². The first kappa shape index (κ1) is 12.7. The van der Waals surface area contributed by atoms with Gasteiger partial charge in [0.25, 0.3) is 0 Å². The first-order valence-corrected chi connectivity index (χ1v) is 5.87. The van der Waals surface area contributed by atoms with Gasteiger partial charge in [-0.15, -0.1) is 5.10 Å². The van der Waals surface area contributed by atoms with E-state index in [1.807, 2.05) is 10.9 Å². The molecule has 2 rings (SSSR count). The van der Waals surface area contributed by atoms with Crippen molar-refractivity contribution >= 4 is 0 Å². The van der Waals surface area contributed by atoms with Gasteiger partial charge in [0.05, 0.1) is 24.0 Å². The Morgan fingerprint density at radius 3 is 2.67 bits per heavy atom. The number of aromatic nitrogens is 5. The molecule has 2 heterocycles. The third-order valence-electron chi connectivity index (χ3n) is 2.38. The van der Waals surface area contributed by atoms with Crippen LogP contribution in [-0.2, 0) is 18.6 Å². The van der Waals surface area contributed by atoms with E-state index in [0.717, 1.165) is 5.69 Å². The number of hydrogen-bond donors (Lipinski definition) is 1. The van der Waals surface area contributed by atoms with Crippen LogP contribution < -0.4 is 5.32 Å². The van der Waals surface area contributed by atoms with E-state index in [1.54, 1.807) is 6.92 Å². The third-order valence-corrected chi connectivity index (χ3v) is 2.38. The maximum atomic E-state index is 5.00. The highest BCUT2D eigenvalue weighted by Crippen LogP contribution is 2.11. The summed E-state index contributed by atoms with van der Waals surface area (Å²) >= 11 is 0. The molecule has 2 aromatic rings. The van der Waals surface area contributed by atoms with Gasteiger partial charge in [-0.3, -0.25) is 0 Å². The second-order valence-corrected chi connectivity index (χ2v) is 5.16. The van der Waals surface area contributed by atoms with Gasteiger partial charge >= 0.3 is 0 Å². The highest BCUT2D eigenvalue weighted by atomic mass is 16.5. The number of nitrogens with one attached hydrogen (secondary N) is 1. The number of nitrogens with zero attached hydrogens (tertiary/aromatic N) is 5. The SMILES string of the molecule is Cc1noc(CNCc2cn(C(C)(C)C)nn2)n1. The molecule has 7 nitrogen and oxygen atoms in total. The highest BCUT2D eigenvalue weighted by Gasteiger charge is 2.14. The van der Waals surface area contributed by atoms with E-state index in [9.17, 15) is 0 Å². The lowest BCUT2D eigenvalue weighted by molar-refractivity contribution is 0.346. The molecule has 0 aliphatic carbocycles. The molecule has 0 fully saturated rings. The smallest absolute Gasteiger partial charge is 0.240 e. The number of hydrogen-bond acceptors (Lipinski definition) is 6. The summed E-state index contributed by atoms with van der Waals surface area (Å²) < 4.78 is 6.84. The maximum absolute atomic E-state index is 5.00. The highest BCUT2D eigenvalue weighted by molar-refractivity contribution is 4.94. The Morgan fingerprint density at radius 2 is 2.11 bits per heavy atom. The van der Waals surface area contributed by atoms with Gasteiger partial charge in [0.1, 0.15) is 0 Å². The van der Waals surface area contributed by atoms with Crippen LogP contribution in [0.1, 0.15) is 38.2 Å². The average molecular weight is 250 g/mol. The molecule has 0 bridgehead atoms. The zero-order valence-electron chi connectivity index (χ0n) is 11.1. The molecule has 0 unspecified atom stereocenters. The molecule has 0 aliphatic heterocycles. The summed E-state index contributed by atoms with van der Waals surface area (Å²) in [6.07, 6.45) is 1.94. The van der Waals surface area contributed by atoms with Crippen molar-refractivity contribution < 1.29 is 4.52 Å². The van der Waals surface area contributed by atoms with Crippen molar-refractivity contribution in [1.82, 2.24) is 30.5 Å². The summed E-state index contributed by atoms with van der Waals surface area (Å²) in [6, 6.07) is 0. The fourth-order valence-corrected chi connectivity index (χ4v) is 1.42. The molecule has 0 atom stereocenters. The zero-order chi connectivity index (χ0) is 13.2. The van der Waals surface area contributed by atoms with Crippen molar-refractivity contribution in [3.8, 4) is 0 Å². The number of rotatable bonds is 4. The Hall–Kier alpha value is -1.76. The molecule has 7 heteroatoms. The Labute approximate surface area is 106 Å². The van der Waals surface area contributed by atoms with E-state index in [0.29, 0.717) is 24.8 Å². The summed E-state index contributed by atoms with van der Waals surface area (Å²) in [7, 11) is 0. The van der Waals surface area contributed by atoms with Gasteiger partial charge in [-0.05, 0) is 27.7 Å². The van der Waals surface area contributed by atoms with Crippen LogP contribution in [0.2, 0.25) is 0 Å². The molecule has 18 heavy (non-hydrogen) atoms. The van der Waals surface area contributed by atoms with E-state index < -0.39 is 0 Å². The lowest BCUT2D eigenvalue weighted by Gasteiger charge is -2.17. The molecule has 1 N–H and O–H groups in total. The Bertz CT molecular complexity index is 510. The molecular weight excluding hydrogens is 232 g/mol. The van der Waals surface area contributed by atoms with E-state index >= 15 is 0 Å². The second kappa shape index (κ2) is 4.85. The minimum Gasteiger partial charge on any atom is -0.338 e. The van der Waals surface area contributed by atoms with Gasteiger partial charge in [-0.1, -0.05) is 10.4 Å².